The molecule has 1 aromatic heterocycles. The van der Waals surface area contributed by atoms with E-state index in [9.17, 15) is 0 Å². The van der Waals surface area contributed by atoms with E-state index in [2.05, 4.69) is 15.4 Å². The summed E-state index contributed by atoms with van der Waals surface area (Å²) in [6, 6.07) is 0.539. The molecule has 0 aliphatic heterocycles. The maximum Gasteiger partial charge on any atom is 0.188 e. The van der Waals surface area contributed by atoms with E-state index in [0.29, 0.717) is 12.0 Å². The maximum absolute atomic E-state index is 5.84. The predicted molar refractivity (Wildman–Crippen MR) is 68.8 cm³/mol. The summed E-state index contributed by atoms with van der Waals surface area (Å²) in [6.45, 7) is 0.719. The third-order valence-corrected chi connectivity index (χ3v) is 3.15. The molecule has 3 N–H and O–H groups in total. The molecule has 0 spiro atoms. The van der Waals surface area contributed by atoms with Crippen LogP contribution in [0.3, 0.4) is 0 Å². The fourth-order valence-corrected chi connectivity index (χ4v) is 2.23. The fourth-order valence-electron chi connectivity index (χ4n) is 2.23. The van der Waals surface area contributed by atoms with Gasteiger partial charge in [0.05, 0.1) is 6.20 Å². The average molecular weight is 235 g/mol. The van der Waals surface area contributed by atoms with Crippen LogP contribution in [-0.4, -0.2) is 28.3 Å². The monoisotopic (exact) mass is 235 g/mol. The van der Waals surface area contributed by atoms with Gasteiger partial charge < -0.3 is 11.1 Å². The van der Waals surface area contributed by atoms with Crippen LogP contribution in [0.4, 0.5) is 0 Å². The highest BCUT2D eigenvalue weighted by Crippen LogP contribution is 2.17. The number of aliphatic imine (C=N–C) groups is 1. The van der Waals surface area contributed by atoms with Gasteiger partial charge in [-0.3, -0.25) is 9.67 Å². The van der Waals surface area contributed by atoms with Gasteiger partial charge in [0, 0.05) is 25.8 Å². The normalized spacial score (nSPS) is 17.6. The Kier molecular flexibility index (Phi) is 4.01. The summed E-state index contributed by atoms with van der Waals surface area (Å²) in [5.41, 5.74) is 7.04. The molecule has 0 aromatic carbocycles. The highest BCUT2D eigenvalue weighted by atomic mass is 15.2. The standard InChI is InChI=1S/C12H21N5/c1-17-9-10(8-15-17)6-7-14-12(13)16-11-4-2-3-5-11/h8-9,11H,2-7H2,1H3,(H3,13,14,16). The quantitative estimate of drug-likeness (QED) is 0.599. The van der Waals surface area contributed by atoms with Crippen LogP contribution in [0.5, 0.6) is 0 Å². The molecule has 0 bridgehead atoms. The summed E-state index contributed by atoms with van der Waals surface area (Å²) >= 11 is 0. The van der Waals surface area contributed by atoms with E-state index in [4.69, 9.17) is 5.73 Å². The van der Waals surface area contributed by atoms with Gasteiger partial charge in [0.25, 0.3) is 0 Å². The Morgan fingerprint density at radius 1 is 1.59 bits per heavy atom. The lowest BCUT2D eigenvalue weighted by molar-refractivity contribution is 0.625. The largest absolute Gasteiger partial charge is 0.370 e. The van der Waals surface area contributed by atoms with Crippen LogP contribution >= 0.6 is 0 Å². The topological polar surface area (TPSA) is 68.2 Å². The Morgan fingerprint density at radius 2 is 2.35 bits per heavy atom. The zero-order valence-corrected chi connectivity index (χ0v) is 10.4. The van der Waals surface area contributed by atoms with Crippen molar-refractivity contribution >= 4 is 5.96 Å². The van der Waals surface area contributed by atoms with Gasteiger partial charge in [0.15, 0.2) is 5.96 Å². The molecule has 1 heterocycles. The van der Waals surface area contributed by atoms with Gasteiger partial charge in [-0.05, 0) is 24.8 Å². The summed E-state index contributed by atoms with van der Waals surface area (Å²) in [7, 11) is 1.92. The first kappa shape index (κ1) is 12.0. The second kappa shape index (κ2) is 5.70. The van der Waals surface area contributed by atoms with Crippen LogP contribution in [0, 0.1) is 0 Å². The van der Waals surface area contributed by atoms with E-state index in [1.54, 1.807) is 4.68 Å². The molecule has 1 aliphatic rings. The van der Waals surface area contributed by atoms with E-state index in [-0.39, 0.29) is 0 Å². The van der Waals surface area contributed by atoms with Crippen molar-refractivity contribution < 1.29 is 0 Å². The lowest BCUT2D eigenvalue weighted by atomic mass is 10.2. The highest BCUT2D eigenvalue weighted by Gasteiger charge is 2.14. The zero-order valence-electron chi connectivity index (χ0n) is 10.4. The third kappa shape index (κ3) is 3.76. The molecule has 0 amide bonds. The van der Waals surface area contributed by atoms with E-state index < -0.39 is 0 Å². The Bertz CT molecular complexity index is 376. The first-order valence-electron chi connectivity index (χ1n) is 6.28. The van der Waals surface area contributed by atoms with Crippen LogP contribution in [0.15, 0.2) is 17.4 Å². The number of guanidine groups is 1. The molecule has 5 nitrogen and oxygen atoms in total. The molecule has 0 unspecified atom stereocenters. The molecule has 0 saturated heterocycles. The lowest BCUT2D eigenvalue weighted by Gasteiger charge is -2.11. The maximum atomic E-state index is 5.84. The molecule has 0 atom stereocenters. The summed E-state index contributed by atoms with van der Waals surface area (Å²) in [4.78, 5) is 4.34. The minimum atomic E-state index is 0.539. The Hall–Kier alpha value is -1.52. The SMILES string of the molecule is Cn1cc(CCN=C(N)NC2CCCC2)cn1. The van der Waals surface area contributed by atoms with Crippen molar-refractivity contribution in [1.29, 1.82) is 0 Å². The molecule has 94 valence electrons. The number of hydrogen-bond donors (Lipinski definition) is 2. The van der Waals surface area contributed by atoms with Crippen molar-refractivity contribution in [3.05, 3.63) is 18.0 Å². The van der Waals surface area contributed by atoms with E-state index in [1.165, 1.54) is 31.2 Å². The lowest BCUT2D eigenvalue weighted by Crippen LogP contribution is -2.38. The Labute approximate surface area is 102 Å². The number of rotatable bonds is 4. The van der Waals surface area contributed by atoms with Crippen molar-refractivity contribution in [1.82, 2.24) is 15.1 Å². The molecule has 1 saturated carbocycles. The Balaban J connectivity index is 1.72. The average Bonchev–Trinajstić information content (AvgIpc) is 2.90. The number of nitrogens with zero attached hydrogens (tertiary/aromatic N) is 3. The summed E-state index contributed by atoms with van der Waals surface area (Å²) in [5, 5.41) is 7.40. The molecule has 1 aliphatic carbocycles. The van der Waals surface area contributed by atoms with Gasteiger partial charge in [-0.2, -0.15) is 5.10 Å². The molecule has 1 fully saturated rings. The molecule has 17 heavy (non-hydrogen) atoms. The Morgan fingerprint density at radius 3 is 3.00 bits per heavy atom. The van der Waals surface area contributed by atoms with Crippen molar-refractivity contribution in [2.24, 2.45) is 17.8 Å². The third-order valence-electron chi connectivity index (χ3n) is 3.15. The zero-order chi connectivity index (χ0) is 12.1. The van der Waals surface area contributed by atoms with Crippen molar-refractivity contribution in [3.8, 4) is 0 Å². The van der Waals surface area contributed by atoms with Gasteiger partial charge in [0.2, 0.25) is 0 Å². The van der Waals surface area contributed by atoms with Gasteiger partial charge in [-0.1, -0.05) is 12.8 Å². The summed E-state index contributed by atoms with van der Waals surface area (Å²) < 4.78 is 1.80. The van der Waals surface area contributed by atoms with Gasteiger partial charge in [0.1, 0.15) is 0 Å². The molecule has 5 heteroatoms. The number of nitrogens with two attached hydrogens (primary N) is 1. The van der Waals surface area contributed by atoms with Gasteiger partial charge >= 0.3 is 0 Å². The van der Waals surface area contributed by atoms with Crippen LogP contribution in [0.2, 0.25) is 0 Å². The molecule has 1 aromatic rings. The first-order valence-corrected chi connectivity index (χ1v) is 6.28. The van der Waals surface area contributed by atoms with Gasteiger partial charge in [-0.25, -0.2) is 0 Å². The summed E-state index contributed by atoms with van der Waals surface area (Å²) in [5.74, 6) is 0.584. The number of aromatic nitrogens is 2. The smallest absolute Gasteiger partial charge is 0.188 e. The molecular weight excluding hydrogens is 214 g/mol. The van der Waals surface area contributed by atoms with Crippen LogP contribution in [0.1, 0.15) is 31.2 Å². The number of nitrogens with one attached hydrogen (secondary N) is 1. The minimum Gasteiger partial charge on any atom is -0.370 e. The molecule has 2 rings (SSSR count). The van der Waals surface area contributed by atoms with Crippen LogP contribution in [-0.2, 0) is 13.5 Å². The fraction of sp³-hybridized carbons (Fsp3) is 0.667. The minimum absolute atomic E-state index is 0.539. The second-order valence-electron chi connectivity index (χ2n) is 4.66. The number of aryl methyl sites for hydroxylation is 1. The summed E-state index contributed by atoms with van der Waals surface area (Å²) in [6.07, 6.45) is 9.83. The van der Waals surface area contributed by atoms with Crippen LogP contribution in [0.25, 0.3) is 0 Å². The molecule has 0 radical (unpaired) electrons. The van der Waals surface area contributed by atoms with Crippen molar-refractivity contribution in [3.63, 3.8) is 0 Å². The second-order valence-corrected chi connectivity index (χ2v) is 4.66. The van der Waals surface area contributed by atoms with Gasteiger partial charge in [-0.15, -0.1) is 0 Å². The van der Waals surface area contributed by atoms with Crippen LogP contribution < -0.4 is 11.1 Å². The number of hydrogen-bond acceptors (Lipinski definition) is 2. The van der Waals surface area contributed by atoms with Crippen molar-refractivity contribution in [2.45, 2.75) is 38.1 Å². The molecular formula is C12H21N5. The highest BCUT2D eigenvalue weighted by molar-refractivity contribution is 5.78. The van der Waals surface area contributed by atoms with Crippen molar-refractivity contribution in [2.75, 3.05) is 6.54 Å². The van der Waals surface area contributed by atoms with E-state index >= 15 is 0 Å². The first-order chi connectivity index (χ1) is 8.24. The predicted octanol–water partition coefficient (Wildman–Crippen LogP) is 0.809. The van der Waals surface area contributed by atoms with E-state index in [0.717, 1.165) is 13.0 Å². The van der Waals surface area contributed by atoms with E-state index in [1.807, 2.05) is 19.4 Å².